The van der Waals surface area contributed by atoms with Gasteiger partial charge in [0.15, 0.2) is 0 Å². The molecule has 0 heterocycles. The van der Waals surface area contributed by atoms with Crippen molar-refractivity contribution in [3.05, 3.63) is 12.7 Å². The number of hydrogen-bond donors (Lipinski definition) is 1. The van der Waals surface area contributed by atoms with Crippen LogP contribution in [0.2, 0.25) is 0 Å². The van der Waals surface area contributed by atoms with Crippen molar-refractivity contribution in [2.45, 2.75) is 12.8 Å². The molecule has 0 unspecified atom stereocenters. The second-order valence-electron chi connectivity index (χ2n) is 1.15. The van der Waals surface area contributed by atoms with Crippen LogP contribution in [0.3, 0.4) is 0 Å². The first kappa shape index (κ1) is 10.6. The number of aliphatic hydroxyl groups excluding tert-OH is 1. The van der Waals surface area contributed by atoms with Gasteiger partial charge in [0, 0.05) is 6.61 Å². The average molecular weight is 110 g/mol. The van der Waals surface area contributed by atoms with Crippen LogP contribution < -0.4 is 29.6 Å². The molecule has 38 valence electrons. The molecule has 0 aromatic carbocycles. The summed E-state index contributed by atoms with van der Waals surface area (Å²) in [7, 11) is 0. The van der Waals surface area contributed by atoms with Crippen molar-refractivity contribution in [2.24, 2.45) is 0 Å². The number of aliphatic hydroxyl groups is 1. The summed E-state index contributed by atoms with van der Waals surface area (Å²) in [6.07, 6.45) is 3.58. The van der Waals surface area contributed by atoms with Crippen LogP contribution in [0.1, 0.15) is 14.3 Å². The van der Waals surface area contributed by atoms with Crippen LogP contribution in [0.4, 0.5) is 0 Å². The van der Waals surface area contributed by atoms with Gasteiger partial charge in [0.2, 0.25) is 0 Å². The molecule has 1 N–H and O–H groups in total. The zero-order valence-corrected chi connectivity index (χ0v) is 6.85. The number of unbranched alkanes of at least 4 members (excludes halogenated alkanes) is 1. The third kappa shape index (κ3) is 10.8. The van der Waals surface area contributed by atoms with E-state index in [1.165, 1.54) is 0 Å². The minimum Gasteiger partial charge on any atom is -1.00 e. The number of hydrogen-bond acceptors (Lipinski definition) is 1. The molecule has 0 saturated heterocycles. The first-order valence-corrected chi connectivity index (χ1v) is 2.13. The number of rotatable bonds is 3. The summed E-state index contributed by atoms with van der Waals surface area (Å²) >= 11 is 0. The molecular weight excluding hydrogens is 99.0 g/mol. The Labute approximate surface area is 68.2 Å². The quantitative estimate of drug-likeness (QED) is 0.255. The molecule has 0 aromatic rings. The maximum atomic E-state index is 8.15. The summed E-state index contributed by atoms with van der Waals surface area (Å²) in [5, 5.41) is 8.15. The fourth-order valence-corrected chi connectivity index (χ4v) is 0.236. The van der Waals surface area contributed by atoms with Crippen molar-refractivity contribution in [1.82, 2.24) is 0 Å². The van der Waals surface area contributed by atoms with Crippen LogP contribution in [-0.2, 0) is 0 Å². The van der Waals surface area contributed by atoms with E-state index in [1.807, 2.05) is 0 Å². The molecule has 0 aromatic heterocycles. The van der Waals surface area contributed by atoms with E-state index in [4.69, 9.17) is 5.11 Å². The molecule has 0 spiro atoms. The first-order valence-electron chi connectivity index (χ1n) is 2.13. The van der Waals surface area contributed by atoms with E-state index in [1.54, 1.807) is 6.08 Å². The van der Waals surface area contributed by atoms with Gasteiger partial charge in [0.1, 0.15) is 0 Å². The van der Waals surface area contributed by atoms with Crippen molar-refractivity contribution in [3.63, 3.8) is 0 Å². The van der Waals surface area contributed by atoms with Gasteiger partial charge in [-0.3, -0.25) is 0 Å². The fourth-order valence-electron chi connectivity index (χ4n) is 0.236. The van der Waals surface area contributed by atoms with Crippen LogP contribution in [0.5, 0.6) is 0 Å². The largest absolute Gasteiger partial charge is 1.00 e. The average Bonchev–Trinajstić information content (AvgIpc) is 1.61. The fraction of sp³-hybridized carbons (Fsp3) is 0.600. The van der Waals surface area contributed by atoms with Crippen LogP contribution in [0.15, 0.2) is 12.7 Å². The third-order valence-electron chi connectivity index (χ3n) is 0.566. The van der Waals surface area contributed by atoms with E-state index in [0.29, 0.717) is 0 Å². The molecule has 0 aliphatic heterocycles. The Morgan fingerprint density at radius 2 is 2.29 bits per heavy atom. The van der Waals surface area contributed by atoms with Gasteiger partial charge in [-0.05, 0) is 12.8 Å². The summed E-state index contributed by atoms with van der Waals surface area (Å²) < 4.78 is 0. The molecule has 0 rings (SSSR count). The second kappa shape index (κ2) is 9.85. The molecule has 7 heavy (non-hydrogen) atoms. The monoisotopic (exact) mass is 110 g/mol. The standard InChI is InChI=1S/C5H10O.Na.H/c1-2-3-4-5-6;;/h2,6H,1,3-5H2;;/q;+1;-1. The predicted octanol–water partition coefficient (Wildman–Crippen LogP) is -1.94. The Hall–Kier alpha value is 0.700. The molecule has 0 atom stereocenters. The summed E-state index contributed by atoms with van der Waals surface area (Å²) in [6, 6.07) is 0. The molecular formula is C5H11NaO. The maximum Gasteiger partial charge on any atom is 1.00 e. The predicted molar refractivity (Wildman–Crippen MR) is 27.6 cm³/mol. The van der Waals surface area contributed by atoms with Crippen molar-refractivity contribution >= 4 is 0 Å². The molecule has 0 aliphatic rings. The second-order valence-corrected chi connectivity index (χ2v) is 1.15. The van der Waals surface area contributed by atoms with E-state index in [2.05, 4.69) is 6.58 Å². The Balaban J connectivity index is -0.000000125. The van der Waals surface area contributed by atoms with Gasteiger partial charge in [-0.1, -0.05) is 6.08 Å². The summed E-state index contributed by atoms with van der Waals surface area (Å²) in [6.45, 7) is 3.77. The van der Waals surface area contributed by atoms with Gasteiger partial charge in [0.05, 0.1) is 0 Å². The first-order chi connectivity index (χ1) is 2.91. The Kier molecular flexibility index (Phi) is 15.0. The van der Waals surface area contributed by atoms with Crippen molar-refractivity contribution in [3.8, 4) is 0 Å². The van der Waals surface area contributed by atoms with Gasteiger partial charge in [-0.25, -0.2) is 0 Å². The maximum absolute atomic E-state index is 8.15. The van der Waals surface area contributed by atoms with Crippen LogP contribution >= 0.6 is 0 Å². The van der Waals surface area contributed by atoms with Crippen LogP contribution in [0, 0.1) is 0 Å². The zero-order valence-electron chi connectivity index (χ0n) is 5.85. The molecule has 0 radical (unpaired) electrons. The molecule has 0 saturated carbocycles. The molecule has 0 aliphatic carbocycles. The van der Waals surface area contributed by atoms with Gasteiger partial charge < -0.3 is 6.53 Å². The SMILES string of the molecule is C=CCCCO.[H-].[Na+]. The van der Waals surface area contributed by atoms with E-state index in [0.717, 1.165) is 12.8 Å². The van der Waals surface area contributed by atoms with Crippen molar-refractivity contribution in [1.29, 1.82) is 0 Å². The summed E-state index contributed by atoms with van der Waals surface area (Å²) in [5.74, 6) is 0. The minimum absolute atomic E-state index is 0. The van der Waals surface area contributed by atoms with Gasteiger partial charge in [0.25, 0.3) is 0 Å². The Morgan fingerprint density at radius 3 is 2.43 bits per heavy atom. The summed E-state index contributed by atoms with van der Waals surface area (Å²) in [4.78, 5) is 0. The van der Waals surface area contributed by atoms with E-state index in [9.17, 15) is 0 Å². The zero-order chi connectivity index (χ0) is 4.83. The minimum atomic E-state index is 0. The molecule has 0 bridgehead atoms. The van der Waals surface area contributed by atoms with E-state index in [-0.39, 0.29) is 37.6 Å². The van der Waals surface area contributed by atoms with Crippen LogP contribution in [-0.4, -0.2) is 11.7 Å². The molecule has 0 fully saturated rings. The molecule has 2 heteroatoms. The van der Waals surface area contributed by atoms with Gasteiger partial charge in [-0.2, -0.15) is 0 Å². The molecule has 0 amide bonds. The van der Waals surface area contributed by atoms with E-state index < -0.39 is 0 Å². The van der Waals surface area contributed by atoms with Crippen molar-refractivity contribution < 1.29 is 36.1 Å². The van der Waals surface area contributed by atoms with E-state index >= 15 is 0 Å². The summed E-state index contributed by atoms with van der Waals surface area (Å²) in [5.41, 5.74) is 0. The Morgan fingerprint density at radius 1 is 1.71 bits per heavy atom. The third-order valence-corrected chi connectivity index (χ3v) is 0.566. The molecule has 1 nitrogen and oxygen atoms in total. The van der Waals surface area contributed by atoms with Crippen LogP contribution in [0.25, 0.3) is 0 Å². The topological polar surface area (TPSA) is 20.2 Å². The van der Waals surface area contributed by atoms with Crippen molar-refractivity contribution in [2.75, 3.05) is 6.61 Å². The normalized spacial score (nSPS) is 7.00. The smallest absolute Gasteiger partial charge is 1.00 e. The number of allylic oxidation sites excluding steroid dienone is 1. The van der Waals surface area contributed by atoms with Gasteiger partial charge in [-0.15, -0.1) is 6.58 Å². The Bertz CT molecular complexity index is 41.4. The van der Waals surface area contributed by atoms with Gasteiger partial charge >= 0.3 is 29.6 Å².